The first-order chi connectivity index (χ1) is 10.1. The molecule has 0 aliphatic carbocycles. The van der Waals surface area contributed by atoms with Gasteiger partial charge in [-0.3, -0.25) is 0 Å². The molecule has 0 radical (unpaired) electrons. The third-order valence-corrected chi connectivity index (χ3v) is 3.93. The average molecular weight is 390 g/mol. The molecule has 0 heterocycles. The maximum absolute atomic E-state index is 5.97. The van der Waals surface area contributed by atoms with Gasteiger partial charge in [0, 0.05) is 10.9 Å². The highest BCUT2D eigenvalue weighted by Gasteiger charge is 2.12. The van der Waals surface area contributed by atoms with Crippen molar-refractivity contribution in [3.05, 3.63) is 57.0 Å². The summed E-state index contributed by atoms with van der Waals surface area (Å²) in [4.78, 5) is 0. The van der Waals surface area contributed by atoms with Gasteiger partial charge in [0.25, 0.3) is 0 Å². The van der Waals surface area contributed by atoms with Gasteiger partial charge in [-0.2, -0.15) is 0 Å². The minimum Gasteiger partial charge on any atom is -0.490 e. The second-order valence-electron chi connectivity index (χ2n) is 4.39. The smallest absolute Gasteiger partial charge is 0.175 e. The van der Waals surface area contributed by atoms with Crippen molar-refractivity contribution in [1.29, 1.82) is 0 Å². The van der Waals surface area contributed by atoms with Gasteiger partial charge in [0.2, 0.25) is 0 Å². The van der Waals surface area contributed by atoms with E-state index in [9.17, 15) is 0 Å². The van der Waals surface area contributed by atoms with E-state index < -0.39 is 0 Å². The lowest BCUT2D eigenvalue weighted by Gasteiger charge is -2.15. The normalized spacial score (nSPS) is 10.5. The molecule has 112 valence electrons. The van der Waals surface area contributed by atoms with Crippen molar-refractivity contribution in [2.24, 2.45) is 0 Å². The summed E-state index contributed by atoms with van der Waals surface area (Å²) in [7, 11) is 0. The van der Waals surface area contributed by atoms with Crippen molar-refractivity contribution in [3.63, 3.8) is 0 Å². The summed E-state index contributed by atoms with van der Waals surface area (Å²) < 4.78 is 12.3. The lowest BCUT2D eigenvalue weighted by Crippen LogP contribution is -2.01. The number of hydrogen-bond donors (Lipinski definition) is 0. The number of benzene rings is 2. The third-order valence-electron chi connectivity index (χ3n) is 2.80. The van der Waals surface area contributed by atoms with Crippen molar-refractivity contribution in [1.82, 2.24) is 0 Å². The second-order valence-corrected chi connectivity index (χ2v) is 5.95. The summed E-state index contributed by atoms with van der Waals surface area (Å²) in [5, 5.41) is 0.692. The molecule has 5 heteroatoms. The number of hydrogen-bond acceptors (Lipinski definition) is 2. The van der Waals surface area contributed by atoms with Crippen LogP contribution in [0.15, 0.2) is 40.9 Å². The zero-order valence-corrected chi connectivity index (χ0v) is 14.6. The summed E-state index contributed by atoms with van der Waals surface area (Å²) in [5.74, 6) is 1.78. The van der Waals surface area contributed by atoms with Crippen LogP contribution in [0, 0.1) is 0 Å². The molecule has 2 nitrogen and oxygen atoms in total. The van der Waals surface area contributed by atoms with Crippen LogP contribution >= 0.6 is 39.1 Å². The van der Waals surface area contributed by atoms with E-state index in [1.807, 2.05) is 43.3 Å². The summed E-state index contributed by atoms with van der Waals surface area (Å²) in [6.45, 7) is 2.91. The summed E-state index contributed by atoms with van der Waals surface area (Å²) in [6.07, 6.45) is 0. The van der Waals surface area contributed by atoms with E-state index in [-0.39, 0.29) is 0 Å². The molecule has 0 atom stereocenters. The Kier molecular flexibility index (Phi) is 6.22. The summed E-state index contributed by atoms with van der Waals surface area (Å²) >= 11 is 15.4. The van der Waals surface area contributed by atoms with Crippen LogP contribution < -0.4 is 9.47 Å². The van der Waals surface area contributed by atoms with Gasteiger partial charge < -0.3 is 9.47 Å². The van der Waals surface area contributed by atoms with Gasteiger partial charge in [0.1, 0.15) is 6.61 Å². The Morgan fingerprint density at radius 2 is 1.90 bits per heavy atom. The molecule has 0 bridgehead atoms. The van der Waals surface area contributed by atoms with E-state index in [1.54, 1.807) is 0 Å². The Morgan fingerprint density at radius 3 is 2.57 bits per heavy atom. The molecule has 2 rings (SSSR count). The van der Waals surface area contributed by atoms with Crippen molar-refractivity contribution in [3.8, 4) is 11.5 Å². The molecular weight excluding hydrogens is 375 g/mol. The average Bonchev–Trinajstić information content (AvgIpc) is 2.46. The Labute approximate surface area is 143 Å². The van der Waals surface area contributed by atoms with Crippen LogP contribution in [-0.2, 0) is 12.5 Å². The maximum Gasteiger partial charge on any atom is 0.175 e. The zero-order chi connectivity index (χ0) is 15.2. The van der Waals surface area contributed by atoms with Crippen molar-refractivity contribution in [2.45, 2.75) is 19.4 Å². The molecule has 21 heavy (non-hydrogen) atoms. The molecule has 0 unspecified atom stereocenters. The molecule has 0 aromatic heterocycles. The monoisotopic (exact) mass is 388 g/mol. The van der Waals surface area contributed by atoms with Crippen LogP contribution in [0.25, 0.3) is 0 Å². The Morgan fingerprint density at radius 1 is 1.10 bits per heavy atom. The number of alkyl halides is 1. The topological polar surface area (TPSA) is 18.5 Å². The van der Waals surface area contributed by atoms with Gasteiger partial charge in [-0.05, 0) is 58.2 Å². The van der Waals surface area contributed by atoms with Crippen LogP contribution in [0.2, 0.25) is 5.02 Å². The minimum absolute atomic E-state index is 0.416. The van der Waals surface area contributed by atoms with Gasteiger partial charge in [0.05, 0.1) is 11.1 Å². The molecular formula is C16H15BrCl2O2. The van der Waals surface area contributed by atoms with Crippen molar-refractivity contribution in [2.75, 3.05) is 6.61 Å². The second kappa shape index (κ2) is 7.92. The van der Waals surface area contributed by atoms with E-state index in [4.69, 9.17) is 32.7 Å². The Balaban J connectivity index is 2.22. The quantitative estimate of drug-likeness (QED) is 0.579. The first-order valence-corrected chi connectivity index (χ1v) is 8.23. The van der Waals surface area contributed by atoms with Crippen LogP contribution in [-0.4, -0.2) is 6.61 Å². The highest BCUT2D eigenvalue weighted by atomic mass is 79.9. The Hall–Kier alpha value is -0.900. The highest BCUT2D eigenvalue weighted by Crippen LogP contribution is 2.37. The molecule has 0 saturated carbocycles. The lowest BCUT2D eigenvalue weighted by atomic mass is 10.2. The molecule has 2 aromatic rings. The van der Waals surface area contributed by atoms with E-state index in [2.05, 4.69) is 15.9 Å². The van der Waals surface area contributed by atoms with E-state index in [0.717, 1.165) is 15.6 Å². The van der Waals surface area contributed by atoms with Crippen molar-refractivity contribution >= 4 is 39.1 Å². The molecule has 0 amide bonds. The zero-order valence-electron chi connectivity index (χ0n) is 11.5. The van der Waals surface area contributed by atoms with E-state index >= 15 is 0 Å². The molecule has 0 aliphatic heterocycles. The molecule has 0 saturated heterocycles. The maximum atomic E-state index is 5.97. The van der Waals surface area contributed by atoms with Crippen LogP contribution in [0.4, 0.5) is 0 Å². The van der Waals surface area contributed by atoms with Gasteiger partial charge >= 0.3 is 0 Å². The number of rotatable bonds is 6. The summed E-state index contributed by atoms with van der Waals surface area (Å²) in [6, 6.07) is 11.4. The molecule has 2 aromatic carbocycles. The number of halogens is 3. The Bertz CT molecular complexity index is 617. The molecule has 0 spiro atoms. The summed E-state index contributed by atoms with van der Waals surface area (Å²) in [5.41, 5.74) is 1.97. The molecule has 0 fully saturated rings. The fourth-order valence-corrected chi connectivity index (χ4v) is 2.85. The van der Waals surface area contributed by atoms with E-state index in [0.29, 0.717) is 35.6 Å². The predicted molar refractivity (Wildman–Crippen MR) is 90.7 cm³/mol. The largest absolute Gasteiger partial charge is 0.490 e. The third kappa shape index (κ3) is 4.53. The highest BCUT2D eigenvalue weighted by molar-refractivity contribution is 9.10. The van der Waals surface area contributed by atoms with Gasteiger partial charge in [-0.25, -0.2) is 0 Å². The first kappa shape index (κ1) is 16.5. The standard InChI is InChI=1S/C16H15BrCl2O2/c1-2-20-15-8-12(9-18)7-14(17)16(15)21-10-11-4-3-5-13(19)6-11/h3-8H,2,9-10H2,1H3. The van der Waals surface area contributed by atoms with Gasteiger partial charge in [-0.15, -0.1) is 11.6 Å². The van der Waals surface area contributed by atoms with Gasteiger partial charge in [-0.1, -0.05) is 23.7 Å². The fourth-order valence-electron chi connectivity index (χ4n) is 1.88. The lowest BCUT2D eigenvalue weighted by molar-refractivity contribution is 0.267. The fraction of sp³-hybridized carbons (Fsp3) is 0.250. The van der Waals surface area contributed by atoms with Crippen molar-refractivity contribution < 1.29 is 9.47 Å². The number of ether oxygens (including phenoxy) is 2. The van der Waals surface area contributed by atoms with Crippen LogP contribution in [0.5, 0.6) is 11.5 Å². The van der Waals surface area contributed by atoms with Crippen LogP contribution in [0.3, 0.4) is 0 Å². The van der Waals surface area contributed by atoms with Gasteiger partial charge in [0.15, 0.2) is 11.5 Å². The first-order valence-electron chi connectivity index (χ1n) is 6.52. The van der Waals surface area contributed by atoms with Crippen LogP contribution in [0.1, 0.15) is 18.1 Å². The minimum atomic E-state index is 0.416. The molecule has 0 N–H and O–H groups in total. The molecule has 0 aliphatic rings. The predicted octanol–water partition coefficient (Wildman–Crippen LogP) is 5.82. The SMILES string of the molecule is CCOc1cc(CCl)cc(Br)c1OCc1cccc(Cl)c1. The van der Waals surface area contributed by atoms with E-state index in [1.165, 1.54) is 0 Å².